The molecule has 0 saturated carbocycles. The van der Waals surface area contributed by atoms with Gasteiger partial charge in [0.2, 0.25) is 0 Å². The number of nitrogens with two attached hydrogens (primary N) is 1. The molecule has 21 heavy (non-hydrogen) atoms. The van der Waals surface area contributed by atoms with Crippen LogP contribution in [0.15, 0.2) is 30.3 Å². The minimum absolute atomic E-state index is 0.0316. The Morgan fingerprint density at radius 2 is 1.62 bits per heavy atom. The fraction of sp³-hybridized carbons (Fsp3) is 0.429. The van der Waals surface area contributed by atoms with Gasteiger partial charge in [-0.05, 0) is 18.4 Å². The SMILES string of the molecule is NOC(=O)C(CCO)(CCO)C(=O)OCc1ccccc1. The largest absolute Gasteiger partial charge is 0.460 e. The second-order valence-corrected chi connectivity index (χ2v) is 4.50. The van der Waals surface area contributed by atoms with Crippen molar-refractivity contribution in [2.75, 3.05) is 13.2 Å². The van der Waals surface area contributed by atoms with Crippen LogP contribution in [-0.4, -0.2) is 35.4 Å². The van der Waals surface area contributed by atoms with Crippen LogP contribution in [0.3, 0.4) is 0 Å². The summed E-state index contributed by atoms with van der Waals surface area (Å²) in [5, 5.41) is 18.1. The fourth-order valence-corrected chi connectivity index (χ4v) is 1.97. The van der Waals surface area contributed by atoms with E-state index in [1.54, 1.807) is 24.3 Å². The standard InChI is InChI=1S/C14H19NO6/c15-21-13(19)14(6-8-16,7-9-17)12(18)20-10-11-4-2-1-3-5-11/h1-5,16-17H,6-10,15H2. The summed E-state index contributed by atoms with van der Waals surface area (Å²) in [5.41, 5.74) is -1.05. The first kappa shape index (κ1) is 17.1. The Kier molecular flexibility index (Phi) is 6.80. The van der Waals surface area contributed by atoms with Crippen LogP contribution in [0.4, 0.5) is 0 Å². The maximum absolute atomic E-state index is 12.2. The van der Waals surface area contributed by atoms with Crippen LogP contribution in [0.5, 0.6) is 0 Å². The maximum Gasteiger partial charge on any atom is 0.342 e. The second kappa shape index (κ2) is 8.35. The first-order chi connectivity index (χ1) is 10.1. The van der Waals surface area contributed by atoms with E-state index in [-0.39, 0.29) is 19.4 Å². The van der Waals surface area contributed by atoms with Crippen LogP contribution < -0.4 is 5.90 Å². The minimum Gasteiger partial charge on any atom is -0.460 e. The highest BCUT2D eigenvalue weighted by atomic mass is 16.7. The van der Waals surface area contributed by atoms with Gasteiger partial charge in [0, 0.05) is 13.2 Å². The van der Waals surface area contributed by atoms with Crippen molar-refractivity contribution in [2.24, 2.45) is 11.3 Å². The van der Waals surface area contributed by atoms with Crippen molar-refractivity contribution in [2.45, 2.75) is 19.4 Å². The van der Waals surface area contributed by atoms with Crippen LogP contribution in [0.2, 0.25) is 0 Å². The maximum atomic E-state index is 12.2. The summed E-state index contributed by atoms with van der Waals surface area (Å²) in [6.07, 6.45) is -0.478. The smallest absolute Gasteiger partial charge is 0.342 e. The molecular formula is C14H19NO6. The predicted octanol–water partition coefficient (Wildman–Crippen LogP) is -0.102. The van der Waals surface area contributed by atoms with Crippen molar-refractivity contribution in [1.29, 1.82) is 0 Å². The summed E-state index contributed by atoms with van der Waals surface area (Å²) in [4.78, 5) is 28.1. The van der Waals surface area contributed by atoms with E-state index in [2.05, 4.69) is 4.84 Å². The van der Waals surface area contributed by atoms with Gasteiger partial charge in [-0.15, -0.1) is 0 Å². The van der Waals surface area contributed by atoms with Gasteiger partial charge in [-0.25, -0.2) is 4.79 Å². The van der Waals surface area contributed by atoms with Gasteiger partial charge in [-0.2, -0.15) is 5.90 Å². The topological polar surface area (TPSA) is 119 Å². The number of carbonyl (C=O) groups is 2. The van der Waals surface area contributed by atoms with E-state index in [9.17, 15) is 9.59 Å². The molecule has 4 N–H and O–H groups in total. The van der Waals surface area contributed by atoms with E-state index < -0.39 is 30.6 Å². The molecule has 0 fully saturated rings. The zero-order chi connectivity index (χ0) is 15.7. The van der Waals surface area contributed by atoms with Gasteiger partial charge in [0.15, 0.2) is 5.41 Å². The number of aliphatic hydroxyl groups is 2. The Balaban J connectivity index is 2.85. The van der Waals surface area contributed by atoms with Crippen LogP contribution >= 0.6 is 0 Å². The zero-order valence-electron chi connectivity index (χ0n) is 11.5. The predicted molar refractivity (Wildman–Crippen MR) is 72.4 cm³/mol. The molecule has 7 heteroatoms. The van der Waals surface area contributed by atoms with Crippen LogP contribution in [0.25, 0.3) is 0 Å². The molecule has 1 aromatic rings. The van der Waals surface area contributed by atoms with Crippen LogP contribution in [0, 0.1) is 5.41 Å². The second-order valence-electron chi connectivity index (χ2n) is 4.50. The van der Waals surface area contributed by atoms with E-state index in [0.717, 1.165) is 5.56 Å². The molecule has 0 unspecified atom stereocenters. The molecule has 0 saturated heterocycles. The van der Waals surface area contributed by atoms with Gasteiger partial charge in [0.1, 0.15) is 6.61 Å². The lowest BCUT2D eigenvalue weighted by Crippen LogP contribution is -2.44. The highest BCUT2D eigenvalue weighted by Crippen LogP contribution is 2.30. The van der Waals surface area contributed by atoms with E-state index in [0.29, 0.717) is 0 Å². The molecule has 0 aliphatic heterocycles. The lowest BCUT2D eigenvalue weighted by atomic mass is 9.81. The summed E-state index contributed by atoms with van der Waals surface area (Å²) in [6.45, 7) is -0.929. The van der Waals surface area contributed by atoms with Crippen LogP contribution in [-0.2, 0) is 25.8 Å². The number of benzene rings is 1. The van der Waals surface area contributed by atoms with Gasteiger partial charge in [-0.1, -0.05) is 30.3 Å². The molecule has 0 bridgehead atoms. The quantitative estimate of drug-likeness (QED) is 0.348. The Hall–Kier alpha value is -1.96. The number of aliphatic hydroxyl groups excluding tert-OH is 2. The summed E-state index contributed by atoms with van der Waals surface area (Å²) < 4.78 is 5.10. The van der Waals surface area contributed by atoms with Crippen molar-refractivity contribution in [3.63, 3.8) is 0 Å². The minimum atomic E-state index is -1.80. The first-order valence-electron chi connectivity index (χ1n) is 6.44. The number of hydrogen-bond donors (Lipinski definition) is 3. The van der Waals surface area contributed by atoms with E-state index in [1.165, 1.54) is 0 Å². The molecule has 0 atom stereocenters. The fourth-order valence-electron chi connectivity index (χ4n) is 1.97. The number of ether oxygens (including phenoxy) is 1. The van der Waals surface area contributed by atoms with Gasteiger partial charge in [0.05, 0.1) is 0 Å². The van der Waals surface area contributed by atoms with Crippen molar-refractivity contribution >= 4 is 11.9 Å². The molecule has 116 valence electrons. The van der Waals surface area contributed by atoms with E-state index in [4.69, 9.17) is 20.8 Å². The lowest BCUT2D eigenvalue weighted by molar-refractivity contribution is -0.176. The Bertz CT molecular complexity index is 456. The molecule has 1 aromatic carbocycles. The van der Waals surface area contributed by atoms with Crippen molar-refractivity contribution in [3.8, 4) is 0 Å². The third-order valence-corrected chi connectivity index (χ3v) is 3.18. The molecule has 1 rings (SSSR count). The number of carbonyl (C=O) groups excluding carboxylic acids is 2. The lowest BCUT2D eigenvalue weighted by Gasteiger charge is -2.26. The summed E-state index contributed by atoms with van der Waals surface area (Å²) in [7, 11) is 0. The van der Waals surface area contributed by atoms with Crippen LogP contribution in [0.1, 0.15) is 18.4 Å². The molecular weight excluding hydrogens is 278 g/mol. The number of rotatable bonds is 8. The van der Waals surface area contributed by atoms with Crippen molar-refractivity contribution in [3.05, 3.63) is 35.9 Å². The average Bonchev–Trinajstić information content (AvgIpc) is 2.52. The molecule has 0 aromatic heterocycles. The first-order valence-corrected chi connectivity index (χ1v) is 6.44. The molecule has 0 aliphatic rings. The Labute approximate surface area is 122 Å². The summed E-state index contributed by atoms with van der Waals surface area (Å²) in [6, 6.07) is 8.90. The van der Waals surface area contributed by atoms with Gasteiger partial charge >= 0.3 is 11.9 Å². The summed E-state index contributed by atoms with van der Waals surface area (Å²) in [5.74, 6) is 2.92. The average molecular weight is 297 g/mol. The highest BCUT2D eigenvalue weighted by molar-refractivity contribution is 6.00. The van der Waals surface area contributed by atoms with Gasteiger partial charge in [-0.3, -0.25) is 4.79 Å². The number of hydrogen-bond acceptors (Lipinski definition) is 7. The normalized spacial score (nSPS) is 11.0. The van der Waals surface area contributed by atoms with Crippen molar-refractivity contribution in [1.82, 2.24) is 0 Å². The van der Waals surface area contributed by atoms with Gasteiger partial charge < -0.3 is 19.8 Å². The van der Waals surface area contributed by atoms with E-state index >= 15 is 0 Å². The molecule has 7 nitrogen and oxygen atoms in total. The third-order valence-electron chi connectivity index (χ3n) is 3.18. The molecule has 0 spiro atoms. The molecule has 0 amide bonds. The Morgan fingerprint density at radius 1 is 1.05 bits per heavy atom. The number of esters is 1. The zero-order valence-corrected chi connectivity index (χ0v) is 11.5. The van der Waals surface area contributed by atoms with E-state index in [1.807, 2.05) is 6.07 Å². The monoisotopic (exact) mass is 297 g/mol. The third kappa shape index (κ3) is 4.25. The molecule has 0 heterocycles. The Morgan fingerprint density at radius 3 is 2.10 bits per heavy atom. The summed E-state index contributed by atoms with van der Waals surface area (Å²) >= 11 is 0. The van der Waals surface area contributed by atoms with Crippen molar-refractivity contribution < 1.29 is 29.4 Å². The molecule has 0 aliphatic carbocycles. The van der Waals surface area contributed by atoms with Gasteiger partial charge in [0.25, 0.3) is 0 Å². The highest BCUT2D eigenvalue weighted by Gasteiger charge is 2.48. The molecule has 0 radical (unpaired) electrons.